The van der Waals surface area contributed by atoms with Crippen molar-refractivity contribution in [1.29, 1.82) is 0 Å². The average molecular weight is 461 g/mol. The molecule has 5 nitrogen and oxygen atoms in total. The van der Waals surface area contributed by atoms with Gasteiger partial charge in [-0.2, -0.15) is 0 Å². The number of carbonyl (C=O) groups excluding carboxylic acids is 1. The Bertz CT molecular complexity index is 1300. The van der Waals surface area contributed by atoms with Crippen molar-refractivity contribution in [3.63, 3.8) is 0 Å². The summed E-state index contributed by atoms with van der Waals surface area (Å²) in [5.41, 5.74) is 5.53. The van der Waals surface area contributed by atoms with Crippen molar-refractivity contribution in [3.05, 3.63) is 94.1 Å². The van der Waals surface area contributed by atoms with Gasteiger partial charge in [0.15, 0.2) is 11.5 Å². The van der Waals surface area contributed by atoms with Gasteiger partial charge < -0.3 is 19.8 Å². The maximum atomic E-state index is 13.1. The second-order valence-electron chi connectivity index (χ2n) is 8.21. The number of fused-ring (bicyclic) bond motifs is 2. The van der Waals surface area contributed by atoms with Crippen molar-refractivity contribution in [2.45, 2.75) is 32.2 Å². The lowest BCUT2D eigenvalue weighted by Crippen LogP contribution is -2.25. The maximum Gasteiger partial charge on any atom is 0.231 e. The van der Waals surface area contributed by atoms with Crippen LogP contribution in [0, 0.1) is 0 Å². The Hall–Kier alpha value is -3.44. The van der Waals surface area contributed by atoms with Gasteiger partial charge >= 0.3 is 0 Å². The molecule has 1 atom stereocenters. The molecule has 3 aromatic carbocycles. The van der Waals surface area contributed by atoms with E-state index < -0.39 is 0 Å². The molecule has 33 heavy (non-hydrogen) atoms. The number of carbonyl (C=O) groups is 1. The van der Waals surface area contributed by atoms with Crippen LogP contribution < -0.4 is 14.8 Å². The fraction of sp³-hybridized carbons (Fsp3) is 0.222. The molecular formula is C27H25ClN2O3. The minimum absolute atomic E-state index is 0.0198. The van der Waals surface area contributed by atoms with E-state index in [1.165, 1.54) is 5.56 Å². The van der Waals surface area contributed by atoms with E-state index in [1.807, 2.05) is 48.7 Å². The zero-order chi connectivity index (χ0) is 22.8. The Balaban J connectivity index is 1.39. The van der Waals surface area contributed by atoms with E-state index in [1.54, 1.807) is 0 Å². The summed E-state index contributed by atoms with van der Waals surface area (Å²) in [4.78, 5) is 16.5. The topological polar surface area (TPSA) is 63.4 Å². The fourth-order valence-electron chi connectivity index (χ4n) is 4.43. The van der Waals surface area contributed by atoms with Gasteiger partial charge in [0.2, 0.25) is 12.7 Å². The summed E-state index contributed by atoms with van der Waals surface area (Å²) in [7, 11) is 0. The molecule has 0 saturated carbocycles. The molecule has 1 aliphatic rings. The summed E-state index contributed by atoms with van der Waals surface area (Å²) in [5, 5.41) is 4.89. The highest BCUT2D eigenvalue weighted by molar-refractivity contribution is 6.30. The molecule has 0 fully saturated rings. The Morgan fingerprint density at radius 2 is 1.91 bits per heavy atom. The molecule has 0 bridgehead atoms. The van der Waals surface area contributed by atoms with Crippen molar-refractivity contribution >= 4 is 28.4 Å². The second-order valence-corrected chi connectivity index (χ2v) is 8.65. The molecule has 0 aliphatic carbocycles. The van der Waals surface area contributed by atoms with Crippen LogP contribution in [-0.2, 0) is 17.8 Å². The van der Waals surface area contributed by atoms with Crippen LogP contribution in [0.3, 0.4) is 0 Å². The molecule has 6 heteroatoms. The number of aryl methyl sites for hydroxylation is 1. The lowest BCUT2D eigenvalue weighted by atomic mass is 9.87. The molecule has 1 aliphatic heterocycles. The van der Waals surface area contributed by atoms with Gasteiger partial charge in [-0.15, -0.1) is 0 Å². The highest BCUT2D eigenvalue weighted by Crippen LogP contribution is 2.35. The van der Waals surface area contributed by atoms with Gasteiger partial charge in [0, 0.05) is 41.0 Å². The fourth-order valence-corrected chi connectivity index (χ4v) is 4.56. The first kappa shape index (κ1) is 21.4. The smallest absolute Gasteiger partial charge is 0.231 e. The molecule has 1 aromatic heterocycles. The number of hydrogen-bond donors (Lipinski definition) is 2. The number of ether oxygens (including phenoxy) is 2. The largest absolute Gasteiger partial charge is 0.454 e. The Labute approximate surface area is 197 Å². The number of para-hydroxylation sites is 1. The van der Waals surface area contributed by atoms with E-state index in [4.69, 9.17) is 21.1 Å². The molecule has 168 valence electrons. The van der Waals surface area contributed by atoms with E-state index in [2.05, 4.69) is 35.4 Å². The van der Waals surface area contributed by atoms with Crippen molar-refractivity contribution in [3.8, 4) is 11.5 Å². The molecule has 2 heterocycles. The molecule has 1 unspecified atom stereocenters. The number of halogens is 1. The Morgan fingerprint density at radius 1 is 1.09 bits per heavy atom. The first-order valence-corrected chi connectivity index (χ1v) is 11.5. The van der Waals surface area contributed by atoms with Gasteiger partial charge in [0.05, 0.1) is 0 Å². The molecule has 0 spiro atoms. The monoisotopic (exact) mass is 460 g/mol. The number of H-pyrrole nitrogens is 1. The lowest BCUT2D eigenvalue weighted by Gasteiger charge is -2.18. The van der Waals surface area contributed by atoms with Gasteiger partial charge in [-0.05, 0) is 52.9 Å². The molecule has 0 saturated heterocycles. The van der Waals surface area contributed by atoms with Crippen LogP contribution in [0.15, 0.2) is 66.9 Å². The van der Waals surface area contributed by atoms with Crippen LogP contribution in [0.5, 0.6) is 11.5 Å². The predicted octanol–water partition coefficient (Wildman–Crippen LogP) is 5.95. The normalized spacial score (nSPS) is 13.3. The SMILES string of the molecule is CCc1cccc2c(C(CC(=O)NCc3ccc4c(c3)OCO4)c3ccc(Cl)cc3)c[nH]c12. The average Bonchev–Trinajstić information content (AvgIpc) is 3.48. The van der Waals surface area contributed by atoms with Gasteiger partial charge in [0.1, 0.15) is 0 Å². The van der Waals surface area contributed by atoms with Crippen molar-refractivity contribution < 1.29 is 14.3 Å². The number of aromatic nitrogens is 1. The molecule has 0 radical (unpaired) electrons. The highest BCUT2D eigenvalue weighted by atomic mass is 35.5. The lowest BCUT2D eigenvalue weighted by molar-refractivity contribution is -0.121. The molecule has 5 rings (SSSR count). The zero-order valence-electron chi connectivity index (χ0n) is 18.4. The Kier molecular flexibility index (Phi) is 5.97. The van der Waals surface area contributed by atoms with Crippen LogP contribution in [-0.4, -0.2) is 17.7 Å². The van der Waals surface area contributed by atoms with Crippen LogP contribution in [0.1, 0.15) is 41.5 Å². The Morgan fingerprint density at radius 3 is 2.73 bits per heavy atom. The number of hydrogen-bond acceptors (Lipinski definition) is 3. The van der Waals surface area contributed by atoms with E-state index >= 15 is 0 Å². The number of rotatable bonds is 7. The minimum atomic E-state index is -0.0973. The first-order valence-electron chi connectivity index (χ1n) is 11.1. The first-order chi connectivity index (χ1) is 16.1. The molecule has 2 N–H and O–H groups in total. The van der Waals surface area contributed by atoms with E-state index in [0.29, 0.717) is 23.7 Å². The minimum Gasteiger partial charge on any atom is -0.454 e. The van der Waals surface area contributed by atoms with Crippen LogP contribution in [0.2, 0.25) is 5.02 Å². The van der Waals surface area contributed by atoms with Crippen LogP contribution >= 0.6 is 11.6 Å². The third-order valence-corrected chi connectivity index (χ3v) is 6.43. The van der Waals surface area contributed by atoms with Crippen LogP contribution in [0.4, 0.5) is 0 Å². The zero-order valence-corrected chi connectivity index (χ0v) is 19.1. The third kappa shape index (κ3) is 4.41. The van der Waals surface area contributed by atoms with Crippen molar-refractivity contribution in [1.82, 2.24) is 10.3 Å². The second kappa shape index (κ2) is 9.20. The summed E-state index contributed by atoms with van der Waals surface area (Å²) in [5.74, 6) is 1.33. The molecule has 1 amide bonds. The van der Waals surface area contributed by atoms with Gasteiger partial charge in [-0.3, -0.25) is 4.79 Å². The number of aromatic amines is 1. The molecular weight excluding hydrogens is 436 g/mol. The summed E-state index contributed by atoms with van der Waals surface area (Å²) in [6.07, 6.45) is 3.31. The van der Waals surface area contributed by atoms with Gasteiger partial charge in [-0.25, -0.2) is 0 Å². The summed E-state index contributed by atoms with van der Waals surface area (Å²) < 4.78 is 10.8. The van der Waals surface area contributed by atoms with Crippen molar-refractivity contribution in [2.24, 2.45) is 0 Å². The van der Waals surface area contributed by atoms with Gasteiger partial charge in [-0.1, -0.05) is 54.9 Å². The van der Waals surface area contributed by atoms with E-state index in [0.717, 1.165) is 39.8 Å². The van der Waals surface area contributed by atoms with Crippen LogP contribution in [0.25, 0.3) is 10.9 Å². The molecule has 4 aromatic rings. The summed E-state index contributed by atoms with van der Waals surface area (Å²) in [6.45, 7) is 2.81. The number of amides is 1. The summed E-state index contributed by atoms with van der Waals surface area (Å²) in [6, 6.07) is 19.8. The summed E-state index contributed by atoms with van der Waals surface area (Å²) >= 11 is 6.13. The quantitative estimate of drug-likeness (QED) is 0.358. The predicted molar refractivity (Wildman–Crippen MR) is 130 cm³/mol. The van der Waals surface area contributed by atoms with Crippen molar-refractivity contribution in [2.75, 3.05) is 6.79 Å². The third-order valence-electron chi connectivity index (χ3n) is 6.18. The van der Waals surface area contributed by atoms with Gasteiger partial charge in [0.25, 0.3) is 0 Å². The standard InChI is InChI=1S/C27H25ClN2O3/c1-2-18-4-3-5-21-23(15-30-27(18)21)22(19-7-9-20(28)10-8-19)13-26(31)29-14-17-6-11-24-25(12-17)33-16-32-24/h3-12,15,22,30H,2,13-14,16H2,1H3,(H,29,31). The maximum absolute atomic E-state index is 13.1. The number of benzene rings is 3. The van der Waals surface area contributed by atoms with E-state index in [9.17, 15) is 4.79 Å². The van der Waals surface area contributed by atoms with E-state index in [-0.39, 0.29) is 18.6 Å². The number of nitrogens with one attached hydrogen (secondary N) is 2. The highest BCUT2D eigenvalue weighted by Gasteiger charge is 2.22.